The molecule has 0 bridgehead atoms. The highest BCUT2D eigenvalue weighted by Gasteiger charge is 2.28. The SMILES string of the molecule is C=Cc1ccc(C(=O)C2=C(C(=O)OC)CC(O)CC2)cc1. The van der Waals surface area contributed by atoms with Crippen LogP contribution in [0.3, 0.4) is 0 Å². The lowest BCUT2D eigenvalue weighted by Gasteiger charge is -2.22. The number of hydrogen-bond donors (Lipinski definition) is 1. The molecule has 1 aromatic rings. The van der Waals surface area contributed by atoms with Crippen molar-refractivity contribution < 1.29 is 19.4 Å². The van der Waals surface area contributed by atoms with Crippen molar-refractivity contribution in [3.63, 3.8) is 0 Å². The molecular weight excluding hydrogens is 268 g/mol. The molecule has 0 spiro atoms. The highest BCUT2D eigenvalue weighted by atomic mass is 16.5. The fraction of sp³-hybridized carbons (Fsp3) is 0.294. The highest BCUT2D eigenvalue weighted by Crippen LogP contribution is 2.28. The number of ketones is 1. The fourth-order valence-electron chi connectivity index (χ4n) is 2.45. The molecule has 1 aliphatic rings. The molecule has 4 nitrogen and oxygen atoms in total. The van der Waals surface area contributed by atoms with Crippen molar-refractivity contribution in [1.82, 2.24) is 0 Å². The topological polar surface area (TPSA) is 63.6 Å². The number of allylic oxidation sites excluding steroid dienone is 1. The van der Waals surface area contributed by atoms with Gasteiger partial charge in [-0.3, -0.25) is 4.79 Å². The predicted molar refractivity (Wildman–Crippen MR) is 79.8 cm³/mol. The number of methoxy groups -OCH3 is 1. The van der Waals surface area contributed by atoms with E-state index in [4.69, 9.17) is 4.74 Å². The van der Waals surface area contributed by atoms with Crippen molar-refractivity contribution in [2.45, 2.75) is 25.4 Å². The van der Waals surface area contributed by atoms with E-state index in [9.17, 15) is 14.7 Å². The molecule has 0 saturated heterocycles. The summed E-state index contributed by atoms with van der Waals surface area (Å²) < 4.78 is 4.72. The number of Topliss-reactive ketones (excluding diaryl/α,β-unsaturated/α-hetero) is 1. The van der Waals surface area contributed by atoms with E-state index in [2.05, 4.69) is 6.58 Å². The number of ether oxygens (including phenoxy) is 1. The summed E-state index contributed by atoms with van der Waals surface area (Å²) in [6, 6.07) is 7.03. The zero-order chi connectivity index (χ0) is 15.4. The Morgan fingerprint density at radius 2 is 1.95 bits per heavy atom. The van der Waals surface area contributed by atoms with Gasteiger partial charge in [0.25, 0.3) is 0 Å². The molecule has 0 amide bonds. The number of aliphatic hydroxyl groups is 1. The van der Waals surface area contributed by atoms with Crippen molar-refractivity contribution in [3.8, 4) is 0 Å². The average molecular weight is 286 g/mol. The number of aliphatic hydroxyl groups excluding tert-OH is 1. The van der Waals surface area contributed by atoms with Gasteiger partial charge in [-0.2, -0.15) is 0 Å². The number of benzene rings is 1. The molecule has 0 aliphatic heterocycles. The van der Waals surface area contributed by atoms with Crippen LogP contribution in [0, 0.1) is 0 Å². The number of carbonyl (C=O) groups excluding carboxylic acids is 2. The van der Waals surface area contributed by atoms with E-state index in [0.29, 0.717) is 24.0 Å². The van der Waals surface area contributed by atoms with E-state index >= 15 is 0 Å². The van der Waals surface area contributed by atoms with Crippen LogP contribution in [0.1, 0.15) is 35.2 Å². The molecule has 2 rings (SSSR count). The van der Waals surface area contributed by atoms with E-state index in [1.165, 1.54) is 7.11 Å². The molecule has 0 heterocycles. The van der Waals surface area contributed by atoms with Gasteiger partial charge in [0.15, 0.2) is 5.78 Å². The van der Waals surface area contributed by atoms with Gasteiger partial charge in [0, 0.05) is 23.1 Å². The molecule has 1 unspecified atom stereocenters. The Kier molecular flexibility index (Phi) is 4.70. The second-order valence-electron chi connectivity index (χ2n) is 5.00. The normalized spacial score (nSPS) is 18.3. The monoisotopic (exact) mass is 286 g/mol. The quantitative estimate of drug-likeness (QED) is 0.682. The van der Waals surface area contributed by atoms with Crippen LogP contribution in [0.4, 0.5) is 0 Å². The number of carbonyl (C=O) groups is 2. The molecule has 0 saturated carbocycles. The standard InChI is InChI=1S/C17H18O4/c1-3-11-4-6-12(7-5-11)16(19)14-9-8-13(18)10-15(14)17(20)21-2/h3-7,13,18H,1,8-10H2,2H3. The molecule has 1 N–H and O–H groups in total. The lowest BCUT2D eigenvalue weighted by molar-refractivity contribution is -0.136. The number of rotatable bonds is 4. The van der Waals surface area contributed by atoms with Gasteiger partial charge in [0.05, 0.1) is 13.2 Å². The smallest absolute Gasteiger partial charge is 0.334 e. The molecule has 21 heavy (non-hydrogen) atoms. The van der Waals surface area contributed by atoms with Gasteiger partial charge >= 0.3 is 5.97 Å². The minimum Gasteiger partial charge on any atom is -0.466 e. The molecule has 1 atom stereocenters. The summed E-state index contributed by atoms with van der Waals surface area (Å²) in [5.41, 5.74) is 2.17. The molecule has 1 aromatic carbocycles. The fourth-order valence-corrected chi connectivity index (χ4v) is 2.45. The van der Waals surface area contributed by atoms with Gasteiger partial charge in [0.2, 0.25) is 0 Å². The van der Waals surface area contributed by atoms with E-state index in [1.54, 1.807) is 30.3 Å². The summed E-state index contributed by atoms with van der Waals surface area (Å²) in [7, 11) is 1.28. The lowest BCUT2D eigenvalue weighted by Crippen LogP contribution is -2.24. The highest BCUT2D eigenvalue weighted by molar-refractivity contribution is 6.13. The molecule has 110 valence electrons. The first-order valence-electron chi connectivity index (χ1n) is 6.82. The Balaban J connectivity index is 2.37. The van der Waals surface area contributed by atoms with Crippen LogP contribution in [0.5, 0.6) is 0 Å². The minimum absolute atomic E-state index is 0.165. The van der Waals surface area contributed by atoms with E-state index < -0.39 is 12.1 Å². The van der Waals surface area contributed by atoms with Crippen LogP contribution in [-0.2, 0) is 9.53 Å². The van der Waals surface area contributed by atoms with Crippen molar-refractivity contribution in [1.29, 1.82) is 0 Å². The Morgan fingerprint density at radius 3 is 2.52 bits per heavy atom. The molecular formula is C17H18O4. The molecule has 0 fully saturated rings. The van der Waals surface area contributed by atoms with Gasteiger partial charge in [-0.25, -0.2) is 4.79 Å². The van der Waals surface area contributed by atoms with Crippen molar-refractivity contribution in [2.24, 2.45) is 0 Å². The van der Waals surface area contributed by atoms with Gasteiger partial charge in [-0.1, -0.05) is 36.9 Å². The summed E-state index contributed by atoms with van der Waals surface area (Å²) in [5.74, 6) is -0.724. The molecule has 4 heteroatoms. The Hall–Kier alpha value is -2.20. The second-order valence-corrected chi connectivity index (χ2v) is 5.00. The van der Waals surface area contributed by atoms with Gasteiger partial charge in [-0.05, 0) is 18.4 Å². The number of esters is 1. The molecule has 0 radical (unpaired) electrons. The number of hydrogen-bond acceptors (Lipinski definition) is 4. The predicted octanol–water partition coefficient (Wildman–Crippen LogP) is 2.53. The summed E-state index contributed by atoms with van der Waals surface area (Å²) in [6.07, 6.45) is 2.13. The van der Waals surface area contributed by atoms with Crippen LogP contribution in [0.25, 0.3) is 6.08 Å². The van der Waals surface area contributed by atoms with Crippen molar-refractivity contribution in [2.75, 3.05) is 7.11 Å². The maximum absolute atomic E-state index is 12.6. The zero-order valence-electron chi connectivity index (χ0n) is 12.0. The maximum atomic E-state index is 12.6. The Morgan fingerprint density at radius 1 is 1.29 bits per heavy atom. The van der Waals surface area contributed by atoms with Crippen LogP contribution in [0.2, 0.25) is 0 Å². The lowest BCUT2D eigenvalue weighted by atomic mass is 9.85. The zero-order valence-corrected chi connectivity index (χ0v) is 12.0. The van der Waals surface area contributed by atoms with Crippen molar-refractivity contribution >= 4 is 17.8 Å². The van der Waals surface area contributed by atoms with Crippen LogP contribution < -0.4 is 0 Å². The second kappa shape index (κ2) is 6.50. The third-order valence-corrected chi connectivity index (χ3v) is 3.65. The van der Waals surface area contributed by atoms with Gasteiger partial charge in [0.1, 0.15) is 0 Å². The first kappa shape index (κ1) is 15.2. The van der Waals surface area contributed by atoms with E-state index in [0.717, 1.165) is 5.56 Å². The third-order valence-electron chi connectivity index (χ3n) is 3.65. The summed E-state index contributed by atoms with van der Waals surface area (Å²) >= 11 is 0. The maximum Gasteiger partial charge on any atom is 0.334 e. The van der Waals surface area contributed by atoms with Gasteiger partial charge in [-0.15, -0.1) is 0 Å². The summed E-state index contributed by atoms with van der Waals surface area (Å²) in [6.45, 7) is 3.67. The minimum atomic E-state index is -0.598. The Labute approximate surface area is 123 Å². The van der Waals surface area contributed by atoms with Crippen LogP contribution >= 0.6 is 0 Å². The average Bonchev–Trinajstić information content (AvgIpc) is 2.53. The Bertz CT molecular complexity index is 596. The van der Waals surface area contributed by atoms with Gasteiger partial charge < -0.3 is 9.84 Å². The first-order valence-corrected chi connectivity index (χ1v) is 6.82. The summed E-state index contributed by atoms with van der Waals surface area (Å²) in [4.78, 5) is 24.4. The van der Waals surface area contributed by atoms with Crippen molar-refractivity contribution in [3.05, 3.63) is 53.1 Å². The van der Waals surface area contributed by atoms with Crippen LogP contribution in [0.15, 0.2) is 42.0 Å². The largest absolute Gasteiger partial charge is 0.466 e. The third kappa shape index (κ3) is 3.28. The van der Waals surface area contributed by atoms with Crippen LogP contribution in [-0.4, -0.2) is 30.1 Å². The van der Waals surface area contributed by atoms with E-state index in [1.807, 2.05) is 0 Å². The first-order chi connectivity index (χ1) is 10.1. The van der Waals surface area contributed by atoms with E-state index in [-0.39, 0.29) is 17.8 Å². The molecule has 1 aliphatic carbocycles. The summed E-state index contributed by atoms with van der Waals surface area (Å²) in [5, 5.41) is 9.70. The molecule has 0 aromatic heterocycles.